The summed E-state index contributed by atoms with van der Waals surface area (Å²) in [5.41, 5.74) is 0. The van der Waals surface area contributed by atoms with Crippen LogP contribution in [0, 0.1) is 5.92 Å². The molecule has 0 atom stereocenters. The van der Waals surface area contributed by atoms with Crippen LogP contribution in [0.3, 0.4) is 0 Å². The summed E-state index contributed by atoms with van der Waals surface area (Å²) in [5, 5.41) is 7.57. The van der Waals surface area contributed by atoms with Crippen LogP contribution in [0.25, 0.3) is 0 Å². The maximum Gasteiger partial charge on any atom is 0.0402 e. The number of aliphatic hydroxyl groups excluding tert-OH is 1. The predicted octanol–water partition coefficient (Wildman–Crippen LogP) is 3.76. The standard InChI is InChI=1S/C10H20.C2H6O/c1-2-7-10-8-5-3-4-6-9-10;1-2-3/h10H,2-9H2,1H3;3H,2H2,1H3. The molecule has 0 saturated heterocycles. The zero-order chi connectivity index (χ0) is 9.94. The van der Waals surface area contributed by atoms with E-state index in [0.717, 1.165) is 5.92 Å². The largest absolute Gasteiger partial charge is 0.397 e. The molecule has 80 valence electrons. The highest BCUT2D eigenvalue weighted by atomic mass is 16.2. The molecule has 0 unspecified atom stereocenters. The van der Waals surface area contributed by atoms with Gasteiger partial charge in [-0.15, -0.1) is 0 Å². The van der Waals surface area contributed by atoms with E-state index in [0.29, 0.717) is 0 Å². The Hall–Kier alpha value is -0.0400. The maximum atomic E-state index is 7.57. The molecule has 13 heavy (non-hydrogen) atoms. The fourth-order valence-corrected chi connectivity index (χ4v) is 2.06. The molecule has 0 aromatic heterocycles. The van der Waals surface area contributed by atoms with Crippen LogP contribution in [-0.4, -0.2) is 11.7 Å². The van der Waals surface area contributed by atoms with Crippen molar-refractivity contribution in [2.24, 2.45) is 5.92 Å². The maximum absolute atomic E-state index is 7.57. The molecule has 0 heterocycles. The quantitative estimate of drug-likeness (QED) is 0.651. The molecule has 1 aliphatic carbocycles. The molecule has 0 spiro atoms. The van der Waals surface area contributed by atoms with Gasteiger partial charge in [0.25, 0.3) is 0 Å². The predicted molar refractivity (Wildman–Crippen MR) is 58.9 cm³/mol. The number of hydrogen-bond donors (Lipinski definition) is 1. The van der Waals surface area contributed by atoms with Crippen LogP contribution in [0.4, 0.5) is 0 Å². The lowest BCUT2D eigenvalue weighted by Crippen LogP contribution is -1.96. The summed E-state index contributed by atoms with van der Waals surface area (Å²) in [6.07, 6.45) is 11.9. The minimum absolute atomic E-state index is 0.250. The lowest BCUT2D eigenvalue weighted by molar-refractivity contribution is 0.318. The first-order chi connectivity index (χ1) is 6.35. The van der Waals surface area contributed by atoms with Crippen LogP contribution in [0.2, 0.25) is 0 Å². The Balaban J connectivity index is 0.000000424. The Morgan fingerprint density at radius 2 is 1.46 bits per heavy atom. The highest BCUT2D eigenvalue weighted by Gasteiger charge is 2.09. The van der Waals surface area contributed by atoms with E-state index in [1.165, 1.54) is 51.4 Å². The molecule has 1 heteroatoms. The van der Waals surface area contributed by atoms with Gasteiger partial charge in [-0.05, 0) is 12.8 Å². The van der Waals surface area contributed by atoms with Gasteiger partial charge in [0.2, 0.25) is 0 Å². The van der Waals surface area contributed by atoms with Crippen molar-refractivity contribution >= 4 is 0 Å². The molecule has 1 aliphatic rings. The van der Waals surface area contributed by atoms with Gasteiger partial charge in [0.05, 0.1) is 0 Å². The van der Waals surface area contributed by atoms with Gasteiger partial charge in [-0.25, -0.2) is 0 Å². The third-order valence-corrected chi connectivity index (χ3v) is 2.67. The normalized spacial score (nSPS) is 18.7. The van der Waals surface area contributed by atoms with Gasteiger partial charge < -0.3 is 5.11 Å². The van der Waals surface area contributed by atoms with Gasteiger partial charge >= 0.3 is 0 Å². The summed E-state index contributed by atoms with van der Waals surface area (Å²) in [5.74, 6) is 1.09. The van der Waals surface area contributed by atoms with Crippen molar-refractivity contribution in [1.82, 2.24) is 0 Å². The minimum Gasteiger partial charge on any atom is -0.397 e. The Morgan fingerprint density at radius 1 is 1.00 bits per heavy atom. The van der Waals surface area contributed by atoms with Crippen molar-refractivity contribution in [3.8, 4) is 0 Å². The first-order valence-electron chi connectivity index (χ1n) is 5.96. The summed E-state index contributed by atoms with van der Waals surface area (Å²) in [7, 11) is 0. The molecule has 0 aromatic rings. The Morgan fingerprint density at radius 3 is 1.85 bits per heavy atom. The molecule has 1 fully saturated rings. The monoisotopic (exact) mass is 186 g/mol. The summed E-state index contributed by atoms with van der Waals surface area (Å²) in [6, 6.07) is 0. The average molecular weight is 186 g/mol. The lowest BCUT2D eigenvalue weighted by atomic mass is 9.96. The highest BCUT2D eigenvalue weighted by Crippen LogP contribution is 2.25. The van der Waals surface area contributed by atoms with E-state index in [9.17, 15) is 0 Å². The van der Waals surface area contributed by atoms with Crippen molar-refractivity contribution in [2.45, 2.75) is 65.2 Å². The van der Waals surface area contributed by atoms with Crippen LogP contribution < -0.4 is 0 Å². The summed E-state index contributed by atoms with van der Waals surface area (Å²) >= 11 is 0. The third kappa shape index (κ3) is 8.29. The summed E-state index contributed by atoms with van der Waals surface area (Å²) in [6.45, 7) is 4.24. The van der Waals surface area contributed by atoms with E-state index < -0.39 is 0 Å². The van der Waals surface area contributed by atoms with Crippen molar-refractivity contribution in [1.29, 1.82) is 0 Å². The Kier molecular flexibility index (Phi) is 10.0. The van der Waals surface area contributed by atoms with Gasteiger partial charge in [0.1, 0.15) is 0 Å². The van der Waals surface area contributed by atoms with Gasteiger partial charge in [0, 0.05) is 6.61 Å². The number of rotatable bonds is 2. The van der Waals surface area contributed by atoms with Crippen LogP contribution >= 0.6 is 0 Å². The van der Waals surface area contributed by atoms with Crippen LogP contribution in [0.1, 0.15) is 65.2 Å². The number of hydrogen-bond acceptors (Lipinski definition) is 1. The minimum atomic E-state index is 0.250. The summed E-state index contributed by atoms with van der Waals surface area (Å²) < 4.78 is 0. The fourth-order valence-electron chi connectivity index (χ4n) is 2.06. The van der Waals surface area contributed by atoms with E-state index in [2.05, 4.69) is 6.92 Å². The van der Waals surface area contributed by atoms with Gasteiger partial charge in [0.15, 0.2) is 0 Å². The molecule has 1 saturated carbocycles. The zero-order valence-electron chi connectivity index (χ0n) is 9.39. The second-order valence-electron chi connectivity index (χ2n) is 3.96. The van der Waals surface area contributed by atoms with Crippen LogP contribution in [0.5, 0.6) is 0 Å². The van der Waals surface area contributed by atoms with Gasteiger partial charge in [-0.2, -0.15) is 0 Å². The molecule has 0 aromatic carbocycles. The van der Waals surface area contributed by atoms with E-state index in [1.807, 2.05) is 0 Å². The van der Waals surface area contributed by atoms with E-state index in [1.54, 1.807) is 6.92 Å². The van der Waals surface area contributed by atoms with Crippen molar-refractivity contribution in [3.63, 3.8) is 0 Å². The van der Waals surface area contributed by atoms with Gasteiger partial charge in [-0.3, -0.25) is 0 Å². The molecule has 0 radical (unpaired) electrons. The zero-order valence-corrected chi connectivity index (χ0v) is 9.39. The second-order valence-corrected chi connectivity index (χ2v) is 3.96. The molecule has 1 nitrogen and oxygen atoms in total. The van der Waals surface area contributed by atoms with Crippen molar-refractivity contribution in [3.05, 3.63) is 0 Å². The highest BCUT2D eigenvalue weighted by molar-refractivity contribution is 4.63. The smallest absolute Gasteiger partial charge is 0.0402 e. The van der Waals surface area contributed by atoms with Gasteiger partial charge in [-0.1, -0.05) is 58.3 Å². The SMILES string of the molecule is CCCC1CCCCCC1.CCO. The van der Waals surface area contributed by atoms with Crippen molar-refractivity contribution < 1.29 is 5.11 Å². The fraction of sp³-hybridized carbons (Fsp3) is 1.00. The summed E-state index contributed by atoms with van der Waals surface area (Å²) in [4.78, 5) is 0. The molecule has 1 rings (SSSR count). The lowest BCUT2D eigenvalue weighted by Gasteiger charge is -2.10. The van der Waals surface area contributed by atoms with Crippen LogP contribution in [-0.2, 0) is 0 Å². The van der Waals surface area contributed by atoms with Crippen molar-refractivity contribution in [2.75, 3.05) is 6.61 Å². The first kappa shape index (κ1) is 13.0. The topological polar surface area (TPSA) is 20.2 Å². The second kappa shape index (κ2) is 10.0. The molecular weight excluding hydrogens is 160 g/mol. The Bertz CT molecular complexity index is 83.1. The third-order valence-electron chi connectivity index (χ3n) is 2.67. The molecular formula is C12H26O. The average Bonchev–Trinajstić information content (AvgIpc) is 2.35. The Labute approximate surface area is 83.5 Å². The van der Waals surface area contributed by atoms with Crippen LogP contribution in [0.15, 0.2) is 0 Å². The van der Waals surface area contributed by atoms with E-state index >= 15 is 0 Å². The first-order valence-corrected chi connectivity index (χ1v) is 5.96. The molecule has 1 N–H and O–H groups in total. The molecule has 0 aliphatic heterocycles. The van der Waals surface area contributed by atoms with E-state index in [4.69, 9.17) is 5.11 Å². The molecule has 0 bridgehead atoms. The number of aliphatic hydroxyl groups is 1. The molecule has 0 amide bonds. The van der Waals surface area contributed by atoms with E-state index in [-0.39, 0.29) is 6.61 Å².